The maximum Gasteiger partial charge on any atom is 0.251 e. The van der Waals surface area contributed by atoms with Gasteiger partial charge < -0.3 is 5.32 Å². The van der Waals surface area contributed by atoms with Crippen LogP contribution in [-0.2, 0) is 6.54 Å². The molecule has 5 heteroatoms. The highest BCUT2D eigenvalue weighted by Crippen LogP contribution is 2.06. The molecule has 1 amide bonds. The predicted molar refractivity (Wildman–Crippen MR) is 70.7 cm³/mol. The third-order valence-corrected chi connectivity index (χ3v) is 2.81. The zero-order chi connectivity index (χ0) is 13.0. The number of nitrogens with zero attached hydrogens (tertiary/aromatic N) is 2. The van der Waals surface area contributed by atoms with Crippen LogP contribution in [0.4, 0.5) is 0 Å². The molecule has 0 aliphatic carbocycles. The summed E-state index contributed by atoms with van der Waals surface area (Å²) in [4.78, 5) is 11.9. The monoisotopic (exact) mass is 263 g/mol. The van der Waals surface area contributed by atoms with Crippen molar-refractivity contribution in [3.05, 3.63) is 52.8 Å². The zero-order valence-electron chi connectivity index (χ0n) is 10.1. The average molecular weight is 264 g/mol. The summed E-state index contributed by atoms with van der Waals surface area (Å²) in [7, 11) is 0. The highest BCUT2D eigenvalue weighted by atomic mass is 35.5. The normalized spacial score (nSPS) is 10.3. The van der Waals surface area contributed by atoms with Crippen molar-refractivity contribution < 1.29 is 4.79 Å². The number of aromatic nitrogens is 2. The highest BCUT2D eigenvalue weighted by Gasteiger charge is 2.07. The molecule has 1 N–H and O–H groups in total. The molecular formula is C13H14ClN3O. The van der Waals surface area contributed by atoms with Crippen molar-refractivity contribution in [3.8, 4) is 0 Å². The number of halogens is 1. The van der Waals surface area contributed by atoms with Crippen LogP contribution in [0.2, 0.25) is 5.02 Å². The van der Waals surface area contributed by atoms with E-state index in [2.05, 4.69) is 10.4 Å². The smallest absolute Gasteiger partial charge is 0.251 e. The first-order valence-electron chi connectivity index (χ1n) is 5.68. The van der Waals surface area contributed by atoms with Gasteiger partial charge in [-0.3, -0.25) is 9.48 Å². The van der Waals surface area contributed by atoms with Crippen molar-refractivity contribution in [3.63, 3.8) is 0 Å². The van der Waals surface area contributed by atoms with Gasteiger partial charge in [0.15, 0.2) is 0 Å². The lowest BCUT2D eigenvalue weighted by Crippen LogP contribution is -2.27. The fourth-order valence-corrected chi connectivity index (χ4v) is 1.82. The first-order chi connectivity index (χ1) is 8.66. The molecule has 0 bridgehead atoms. The molecule has 0 unspecified atom stereocenters. The number of amides is 1. The summed E-state index contributed by atoms with van der Waals surface area (Å²) < 4.78 is 1.69. The molecule has 0 atom stereocenters. The largest absolute Gasteiger partial charge is 0.350 e. The van der Waals surface area contributed by atoms with Gasteiger partial charge in [0.25, 0.3) is 5.91 Å². The van der Waals surface area contributed by atoms with Crippen LogP contribution in [0, 0.1) is 6.92 Å². The van der Waals surface area contributed by atoms with Crippen LogP contribution >= 0.6 is 11.6 Å². The Morgan fingerprint density at radius 2 is 2.22 bits per heavy atom. The third kappa shape index (κ3) is 3.11. The number of hydrogen-bond acceptors (Lipinski definition) is 2. The predicted octanol–water partition coefficient (Wildman–Crippen LogP) is 2.27. The van der Waals surface area contributed by atoms with E-state index in [1.54, 1.807) is 17.1 Å². The second kappa shape index (κ2) is 5.69. The molecular weight excluding hydrogens is 250 g/mol. The van der Waals surface area contributed by atoms with E-state index < -0.39 is 0 Å². The number of carbonyl (C=O) groups excluding carboxylic acids is 1. The first-order valence-corrected chi connectivity index (χ1v) is 6.06. The SMILES string of the molecule is Cc1ccccc1C(=O)NCCn1cc(Cl)cn1. The maximum atomic E-state index is 11.9. The summed E-state index contributed by atoms with van der Waals surface area (Å²) in [6.45, 7) is 3.04. The standard InChI is InChI=1S/C13H14ClN3O/c1-10-4-2-3-5-12(10)13(18)15-6-7-17-9-11(14)8-16-17/h2-5,8-9H,6-7H2,1H3,(H,15,18). The van der Waals surface area contributed by atoms with Crippen molar-refractivity contribution in [1.82, 2.24) is 15.1 Å². The van der Waals surface area contributed by atoms with Crippen LogP contribution in [0.25, 0.3) is 0 Å². The number of carbonyl (C=O) groups is 1. The second-order valence-electron chi connectivity index (χ2n) is 3.99. The number of nitrogens with one attached hydrogen (secondary N) is 1. The van der Waals surface area contributed by atoms with E-state index in [1.807, 2.05) is 31.2 Å². The Kier molecular flexibility index (Phi) is 3.99. The van der Waals surface area contributed by atoms with Gasteiger partial charge in [-0.05, 0) is 18.6 Å². The zero-order valence-corrected chi connectivity index (χ0v) is 10.8. The molecule has 1 heterocycles. The lowest BCUT2D eigenvalue weighted by Gasteiger charge is -2.07. The van der Waals surface area contributed by atoms with Crippen LogP contribution in [0.5, 0.6) is 0 Å². The van der Waals surface area contributed by atoms with Gasteiger partial charge in [-0.2, -0.15) is 5.10 Å². The molecule has 0 saturated heterocycles. The molecule has 1 aromatic carbocycles. The summed E-state index contributed by atoms with van der Waals surface area (Å²) in [6, 6.07) is 7.50. The van der Waals surface area contributed by atoms with Crippen molar-refractivity contribution >= 4 is 17.5 Å². The quantitative estimate of drug-likeness (QED) is 0.920. The number of aryl methyl sites for hydroxylation is 1. The Bertz CT molecular complexity index is 551. The van der Waals surface area contributed by atoms with E-state index in [4.69, 9.17) is 11.6 Å². The first kappa shape index (κ1) is 12.6. The Morgan fingerprint density at radius 3 is 2.89 bits per heavy atom. The molecule has 0 aliphatic rings. The Labute approximate surface area is 111 Å². The molecule has 0 radical (unpaired) electrons. The van der Waals surface area contributed by atoms with Crippen molar-refractivity contribution in [2.75, 3.05) is 6.54 Å². The van der Waals surface area contributed by atoms with Gasteiger partial charge in [0.05, 0.1) is 17.8 Å². The molecule has 18 heavy (non-hydrogen) atoms. The minimum atomic E-state index is -0.0636. The number of benzene rings is 1. The molecule has 4 nitrogen and oxygen atoms in total. The third-order valence-electron chi connectivity index (χ3n) is 2.62. The minimum absolute atomic E-state index is 0.0636. The second-order valence-corrected chi connectivity index (χ2v) is 4.43. The molecule has 0 aliphatic heterocycles. The fourth-order valence-electron chi connectivity index (χ4n) is 1.67. The summed E-state index contributed by atoms with van der Waals surface area (Å²) in [5.74, 6) is -0.0636. The van der Waals surface area contributed by atoms with Gasteiger partial charge in [0.1, 0.15) is 0 Å². The minimum Gasteiger partial charge on any atom is -0.350 e. The maximum absolute atomic E-state index is 11.9. The summed E-state index contributed by atoms with van der Waals surface area (Å²) >= 11 is 5.75. The molecule has 0 fully saturated rings. The molecule has 2 rings (SSSR count). The van der Waals surface area contributed by atoms with E-state index in [9.17, 15) is 4.79 Å². The summed E-state index contributed by atoms with van der Waals surface area (Å²) in [5, 5.41) is 7.49. The molecule has 1 aromatic heterocycles. The van der Waals surface area contributed by atoms with Gasteiger partial charge in [0, 0.05) is 18.3 Å². The number of rotatable bonds is 4. The summed E-state index contributed by atoms with van der Waals surface area (Å²) in [6.07, 6.45) is 3.30. The van der Waals surface area contributed by atoms with Gasteiger partial charge in [0.2, 0.25) is 0 Å². The van der Waals surface area contributed by atoms with E-state index in [0.717, 1.165) is 5.56 Å². The van der Waals surface area contributed by atoms with Crippen LogP contribution in [0.1, 0.15) is 15.9 Å². The molecule has 94 valence electrons. The van der Waals surface area contributed by atoms with E-state index in [1.165, 1.54) is 0 Å². The average Bonchev–Trinajstić information content (AvgIpc) is 2.75. The topological polar surface area (TPSA) is 46.9 Å². The Morgan fingerprint density at radius 1 is 1.44 bits per heavy atom. The van der Waals surface area contributed by atoms with Gasteiger partial charge in [-0.15, -0.1) is 0 Å². The van der Waals surface area contributed by atoms with Gasteiger partial charge in [-0.25, -0.2) is 0 Å². The van der Waals surface area contributed by atoms with Crippen molar-refractivity contribution in [2.24, 2.45) is 0 Å². The van der Waals surface area contributed by atoms with Crippen LogP contribution in [0.3, 0.4) is 0 Å². The number of hydrogen-bond donors (Lipinski definition) is 1. The molecule has 0 spiro atoms. The van der Waals surface area contributed by atoms with E-state index in [-0.39, 0.29) is 5.91 Å². The molecule has 2 aromatic rings. The lowest BCUT2D eigenvalue weighted by molar-refractivity contribution is 0.0951. The van der Waals surface area contributed by atoms with E-state index in [0.29, 0.717) is 23.7 Å². The Hall–Kier alpha value is -1.81. The van der Waals surface area contributed by atoms with Gasteiger partial charge >= 0.3 is 0 Å². The lowest BCUT2D eigenvalue weighted by atomic mass is 10.1. The van der Waals surface area contributed by atoms with Crippen LogP contribution < -0.4 is 5.32 Å². The Balaban J connectivity index is 1.87. The van der Waals surface area contributed by atoms with E-state index >= 15 is 0 Å². The van der Waals surface area contributed by atoms with Crippen molar-refractivity contribution in [2.45, 2.75) is 13.5 Å². The fraction of sp³-hybridized carbons (Fsp3) is 0.231. The van der Waals surface area contributed by atoms with Crippen LogP contribution in [-0.4, -0.2) is 22.2 Å². The van der Waals surface area contributed by atoms with Gasteiger partial charge in [-0.1, -0.05) is 29.8 Å². The highest BCUT2D eigenvalue weighted by molar-refractivity contribution is 6.30. The molecule has 0 saturated carbocycles. The summed E-state index contributed by atoms with van der Waals surface area (Å²) in [5.41, 5.74) is 1.67. The van der Waals surface area contributed by atoms with Crippen molar-refractivity contribution in [1.29, 1.82) is 0 Å². The van der Waals surface area contributed by atoms with Crippen LogP contribution in [0.15, 0.2) is 36.7 Å².